The smallest absolute Gasteiger partial charge is 0.277 e. The third-order valence-electron chi connectivity index (χ3n) is 3.66. The molecule has 0 aliphatic heterocycles. The largest absolute Gasteiger partial charge is 0.411 e. The molecule has 3 aromatic rings. The van der Waals surface area contributed by atoms with E-state index in [2.05, 4.69) is 21.0 Å². The summed E-state index contributed by atoms with van der Waals surface area (Å²) in [4.78, 5) is 23.8. The molecule has 0 spiro atoms. The lowest BCUT2D eigenvalue weighted by atomic mass is 10.1. The minimum absolute atomic E-state index is 0.0315. The molecule has 0 bridgehead atoms. The first-order valence-electron chi connectivity index (χ1n) is 8.20. The Balaban J connectivity index is 1.47. The van der Waals surface area contributed by atoms with E-state index in [0.29, 0.717) is 11.5 Å². The zero-order valence-corrected chi connectivity index (χ0v) is 15.7. The topological polar surface area (TPSA) is 97.1 Å². The van der Waals surface area contributed by atoms with Gasteiger partial charge in [-0.25, -0.2) is 0 Å². The summed E-state index contributed by atoms with van der Waals surface area (Å²) in [5, 5.41) is 8.18. The molecule has 27 heavy (non-hydrogen) atoms. The Kier molecular flexibility index (Phi) is 5.87. The van der Waals surface area contributed by atoms with Crippen LogP contribution < -0.4 is 10.9 Å². The van der Waals surface area contributed by atoms with Crippen LogP contribution in [0.1, 0.15) is 21.5 Å². The normalized spacial score (nSPS) is 10.4. The van der Waals surface area contributed by atoms with Crippen molar-refractivity contribution in [1.29, 1.82) is 0 Å². The number of hydrogen-bond donors (Lipinski definition) is 2. The van der Waals surface area contributed by atoms with Crippen molar-refractivity contribution in [2.24, 2.45) is 0 Å². The van der Waals surface area contributed by atoms with Crippen LogP contribution in [-0.2, 0) is 4.79 Å². The zero-order chi connectivity index (χ0) is 19.2. The van der Waals surface area contributed by atoms with Crippen molar-refractivity contribution in [3.63, 3.8) is 0 Å². The van der Waals surface area contributed by atoms with Gasteiger partial charge in [0.05, 0.1) is 5.75 Å². The number of benzene rings is 2. The van der Waals surface area contributed by atoms with Crippen molar-refractivity contribution in [2.45, 2.75) is 19.1 Å². The molecular formula is C19H18N4O3S. The van der Waals surface area contributed by atoms with E-state index in [4.69, 9.17) is 4.42 Å². The number of amides is 2. The molecule has 0 saturated heterocycles. The molecule has 0 radical (unpaired) electrons. The van der Waals surface area contributed by atoms with Gasteiger partial charge in [-0.2, -0.15) is 0 Å². The standard InChI is InChI=1S/C19H18N4O3S/c1-12-3-7-14(8-4-12)17(25)21-20-16(24)11-27-19-23-22-18(26-19)15-9-5-13(2)6-10-15/h3-10H,11H2,1-2H3,(H,20,24)(H,21,25). The molecule has 7 nitrogen and oxygen atoms in total. The molecule has 0 aliphatic rings. The van der Waals surface area contributed by atoms with Crippen LogP contribution in [0, 0.1) is 13.8 Å². The van der Waals surface area contributed by atoms with Crippen LogP contribution in [0.15, 0.2) is 58.2 Å². The molecule has 0 atom stereocenters. The number of nitrogens with zero attached hydrogens (tertiary/aromatic N) is 2. The van der Waals surface area contributed by atoms with E-state index in [1.807, 2.05) is 50.2 Å². The molecule has 1 heterocycles. The van der Waals surface area contributed by atoms with Crippen LogP contribution >= 0.6 is 11.8 Å². The lowest BCUT2D eigenvalue weighted by molar-refractivity contribution is -0.119. The van der Waals surface area contributed by atoms with Gasteiger partial charge in [0.1, 0.15) is 0 Å². The summed E-state index contributed by atoms with van der Waals surface area (Å²) < 4.78 is 5.54. The maximum absolute atomic E-state index is 11.9. The van der Waals surface area contributed by atoms with E-state index in [0.717, 1.165) is 28.5 Å². The summed E-state index contributed by atoms with van der Waals surface area (Å²) in [7, 11) is 0. The Morgan fingerprint density at radius 3 is 2.22 bits per heavy atom. The van der Waals surface area contributed by atoms with Gasteiger partial charge in [-0.1, -0.05) is 47.2 Å². The number of aromatic nitrogens is 2. The van der Waals surface area contributed by atoms with Gasteiger partial charge in [-0.05, 0) is 38.1 Å². The summed E-state index contributed by atoms with van der Waals surface area (Å²) >= 11 is 1.09. The molecule has 0 unspecified atom stereocenters. The molecule has 0 aliphatic carbocycles. The predicted molar refractivity (Wildman–Crippen MR) is 102 cm³/mol. The van der Waals surface area contributed by atoms with Gasteiger partial charge < -0.3 is 4.42 Å². The van der Waals surface area contributed by atoms with Crippen LogP contribution in [0.5, 0.6) is 0 Å². The Labute approximate surface area is 160 Å². The van der Waals surface area contributed by atoms with Crippen LogP contribution in [0.4, 0.5) is 0 Å². The first-order chi connectivity index (χ1) is 13.0. The minimum Gasteiger partial charge on any atom is -0.411 e. The average molecular weight is 382 g/mol. The highest BCUT2D eigenvalue weighted by molar-refractivity contribution is 7.99. The molecule has 2 amide bonds. The fourth-order valence-corrected chi connectivity index (χ4v) is 2.71. The number of hydrogen-bond acceptors (Lipinski definition) is 6. The first kappa shape index (κ1) is 18.7. The molecule has 2 N–H and O–H groups in total. The Morgan fingerprint density at radius 1 is 0.926 bits per heavy atom. The summed E-state index contributed by atoms with van der Waals surface area (Å²) in [5.74, 6) is -0.335. The molecule has 0 saturated carbocycles. The van der Waals surface area contributed by atoms with Gasteiger partial charge in [0, 0.05) is 11.1 Å². The highest BCUT2D eigenvalue weighted by atomic mass is 32.2. The second-order valence-electron chi connectivity index (χ2n) is 5.90. The van der Waals surface area contributed by atoms with E-state index < -0.39 is 0 Å². The van der Waals surface area contributed by atoms with Crippen LogP contribution in [0.25, 0.3) is 11.5 Å². The summed E-state index contributed by atoms with van der Waals surface area (Å²) in [6.07, 6.45) is 0. The molecule has 2 aromatic carbocycles. The Morgan fingerprint density at radius 2 is 1.56 bits per heavy atom. The van der Waals surface area contributed by atoms with Crippen molar-refractivity contribution < 1.29 is 14.0 Å². The maximum atomic E-state index is 11.9. The number of rotatable bonds is 5. The Bertz CT molecular complexity index is 936. The van der Waals surface area contributed by atoms with Gasteiger partial charge in [0.25, 0.3) is 11.1 Å². The van der Waals surface area contributed by atoms with Gasteiger partial charge in [0.15, 0.2) is 0 Å². The summed E-state index contributed by atoms with van der Waals surface area (Å²) in [5.41, 5.74) is 8.20. The number of nitrogens with one attached hydrogen (secondary N) is 2. The molecule has 1 aromatic heterocycles. The number of aryl methyl sites for hydroxylation is 2. The van der Waals surface area contributed by atoms with Crippen LogP contribution in [0.2, 0.25) is 0 Å². The monoisotopic (exact) mass is 382 g/mol. The number of hydrazine groups is 1. The van der Waals surface area contributed by atoms with Crippen molar-refractivity contribution in [1.82, 2.24) is 21.0 Å². The fourth-order valence-electron chi connectivity index (χ4n) is 2.15. The van der Waals surface area contributed by atoms with E-state index in [-0.39, 0.29) is 22.8 Å². The van der Waals surface area contributed by atoms with Gasteiger partial charge in [-0.3, -0.25) is 20.4 Å². The van der Waals surface area contributed by atoms with Crippen molar-refractivity contribution >= 4 is 23.6 Å². The number of thioether (sulfide) groups is 1. The lowest BCUT2D eigenvalue weighted by Gasteiger charge is -2.06. The number of carbonyl (C=O) groups excluding carboxylic acids is 2. The highest BCUT2D eigenvalue weighted by Crippen LogP contribution is 2.23. The lowest BCUT2D eigenvalue weighted by Crippen LogP contribution is -2.42. The minimum atomic E-state index is -0.382. The van der Waals surface area contributed by atoms with E-state index in [9.17, 15) is 9.59 Å². The van der Waals surface area contributed by atoms with E-state index >= 15 is 0 Å². The van der Waals surface area contributed by atoms with E-state index in [1.165, 1.54) is 0 Å². The molecule has 0 fully saturated rings. The third kappa shape index (κ3) is 5.18. The zero-order valence-electron chi connectivity index (χ0n) is 14.9. The van der Waals surface area contributed by atoms with Gasteiger partial charge in [-0.15, -0.1) is 10.2 Å². The predicted octanol–water partition coefficient (Wildman–Crippen LogP) is 2.91. The second-order valence-corrected chi connectivity index (χ2v) is 6.82. The van der Waals surface area contributed by atoms with E-state index in [1.54, 1.807) is 12.1 Å². The molecule has 3 rings (SSSR count). The summed E-state index contributed by atoms with van der Waals surface area (Å²) in [6, 6.07) is 14.7. The van der Waals surface area contributed by atoms with Gasteiger partial charge >= 0.3 is 0 Å². The SMILES string of the molecule is Cc1ccc(C(=O)NNC(=O)CSc2nnc(-c3ccc(C)cc3)o2)cc1. The quantitative estimate of drug-likeness (QED) is 0.520. The molecule has 138 valence electrons. The summed E-state index contributed by atoms with van der Waals surface area (Å²) in [6.45, 7) is 3.93. The molecule has 8 heteroatoms. The van der Waals surface area contributed by atoms with Crippen LogP contribution in [0.3, 0.4) is 0 Å². The van der Waals surface area contributed by atoms with Crippen molar-refractivity contribution in [2.75, 3.05) is 5.75 Å². The Hall–Kier alpha value is -3.13. The fraction of sp³-hybridized carbons (Fsp3) is 0.158. The average Bonchev–Trinajstić information content (AvgIpc) is 3.14. The maximum Gasteiger partial charge on any atom is 0.277 e. The number of carbonyl (C=O) groups is 2. The van der Waals surface area contributed by atoms with Crippen molar-refractivity contribution in [3.8, 4) is 11.5 Å². The van der Waals surface area contributed by atoms with Crippen LogP contribution in [-0.4, -0.2) is 27.8 Å². The van der Waals surface area contributed by atoms with Gasteiger partial charge in [0.2, 0.25) is 11.8 Å². The second kappa shape index (κ2) is 8.50. The van der Waals surface area contributed by atoms with Crippen molar-refractivity contribution in [3.05, 3.63) is 65.2 Å². The highest BCUT2D eigenvalue weighted by Gasteiger charge is 2.12. The first-order valence-corrected chi connectivity index (χ1v) is 9.19. The third-order valence-corrected chi connectivity index (χ3v) is 4.48. The molecular weight excluding hydrogens is 364 g/mol.